The molecular weight excluding hydrogens is 430 g/mol. The van der Waals surface area contributed by atoms with E-state index < -0.39 is 28.1 Å². The lowest BCUT2D eigenvalue weighted by Crippen LogP contribution is -2.40. The lowest BCUT2D eigenvalue weighted by molar-refractivity contribution is -0.140. The third kappa shape index (κ3) is 3.16. The van der Waals surface area contributed by atoms with E-state index >= 15 is 0 Å². The van der Waals surface area contributed by atoms with Gasteiger partial charge < -0.3 is 10.2 Å². The molecule has 2 N–H and O–H groups in total. The summed E-state index contributed by atoms with van der Waals surface area (Å²) in [5, 5.41) is 18.7. The number of aliphatic hydroxyl groups excluding tert-OH is 1. The number of aryl methyl sites for hydroxylation is 1. The van der Waals surface area contributed by atoms with E-state index in [9.17, 15) is 18.3 Å². The van der Waals surface area contributed by atoms with Gasteiger partial charge in [-0.15, -0.1) is 0 Å². The second-order valence-electron chi connectivity index (χ2n) is 4.85. The standard InChI is InChI=1S/C12H13Br2NO5S/c1-6-2-9(14)11(4-8(6)13)21(19,20)15-5-7(16)3-10(15)12(17)18/h2,4,7,10,16H,3,5H2,1H3,(H,17,18). The van der Waals surface area contributed by atoms with Gasteiger partial charge in [0.05, 0.1) is 11.0 Å². The Bertz CT molecular complexity index is 691. The van der Waals surface area contributed by atoms with Crippen molar-refractivity contribution in [3.8, 4) is 0 Å². The van der Waals surface area contributed by atoms with Crippen LogP contribution in [0.1, 0.15) is 12.0 Å². The molecule has 2 unspecified atom stereocenters. The van der Waals surface area contributed by atoms with Crippen molar-refractivity contribution < 1.29 is 23.4 Å². The summed E-state index contributed by atoms with van der Waals surface area (Å²) in [5.41, 5.74) is 0.845. The van der Waals surface area contributed by atoms with Gasteiger partial charge in [-0.05, 0) is 40.5 Å². The molecule has 0 saturated carbocycles. The molecule has 116 valence electrons. The van der Waals surface area contributed by atoms with Gasteiger partial charge in [0, 0.05) is 21.9 Å². The third-order valence-electron chi connectivity index (χ3n) is 3.32. The Balaban J connectivity index is 2.52. The van der Waals surface area contributed by atoms with E-state index in [1.165, 1.54) is 6.07 Å². The van der Waals surface area contributed by atoms with Crippen molar-refractivity contribution in [2.45, 2.75) is 30.4 Å². The molecule has 1 aromatic rings. The van der Waals surface area contributed by atoms with E-state index in [1.54, 1.807) is 6.07 Å². The zero-order chi connectivity index (χ0) is 15.9. The number of halogens is 2. The summed E-state index contributed by atoms with van der Waals surface area (Å²) >= 11 is 6.47. The molecule has 1 aromatic carbocycles. The van der Waals surface area contributed by atoms with E-state index in [2.05, 4.69) is 31.9 Å². The van der Waals surface area contributed by atoms with E-state index in [-0.39, 0.29) is 17.9 Å². The van der Waals surface area contributed by atoms with E-state index in [4.69, 9.17) is 5.11 Å². The van der Waals surface area contributed by atoms with Crippen LogP contribution in [0.3, 0.4) is 0 Å². The van der Waals surface area contributed by atoms with Gasteiger partial charge in [-0.1, -0.05) is 15.9 Å². The van der Waals surface area contributed by atoms with Gasteiger partial charge in [0.1, 0.15) is 6.04 Å². The normalized spacial score (nSPS) is 23.4. The Morgan fingerprint density at radius 2 is 1.95 bits per heavy atom. The van der Waals surface area contributed by atoms with Gasteiger partial charge in [0.25, 0.3) is 0 Å². The molecule has 0 radical (unpaired) electrons. The number of carboxylic acid groups (broad SMARTS) is 1. The zero-order valence-corrected chi connectivity index (χ0v) is 14.9. The van der Waals surface area contributed by atoms with Crippen LogP contribution in [-0.2, 0) is 14.8 Å². The van der Waals surface area contributed by atoms with Crippen LogP contribution in [-0.4, -0.2) is 47.6 Å². The molecule has 0 spiro atoms. The summed E-state index contributed by atoms with van der Waals surface area (Å²) in [4.78, 5) is 11.2. The van der Waals surface area contributed by atoms with Crippen LogP contribution in [0, 0.1) is 6.92 Å². The highest BCUT2D eigenvalue weighted by atomic mass is 79.9. The predicted octanol–water partition coefficient (Wildman–Crippen LogP) is 1.73. The molecule has 0 amide bonds. The number of nitrogens with zero attached hydrogens (tertiary/aromatic N) is 1. The summed E-state index contributed by atoms with van der Waals surface area (Å²) < 4.78 is 27.2. The fraction of sp³-hybridized carbons (Fsp3) is 0.417. The summed E-state index contributed by atoms with van der Waals surface area (Å²) in [6, 6.07) is 1.81. The third-order valence-corrected chi connectivity index (χ3v) is 7.01. The highest BCUT2D eigenvalue weighted by Gasteiger charge is 2.44. The first-order valence-corrected chi connectivity index (χ1v) is 9.05. The Morgan fingerprint density at radius 1 is 1.33 bits per heavy atom. The van der Waals surface area contributed by atoms with Gasteiger partial charge in [-0.3, -0.25) is 4.79 Å². The quantitative estimate of drug-likeness (QED) is 0.743. The number of carbonyl (C=O) groups is 1. The zero-order valence-electron chi connectivity index (χ0n) is 11.0. The lowest BCUT2D eigenvalue weighted by atomic mass is 10.2. The Morgan fingerprint density at radius 3 is 2.52 bits per heavy atom. The van der Waals surface area contributed by atoms with Crippen LogP contribution >= 0.6 is 31.9 Å². The molecule has 1 aliphatic rings. The molecule has 2 rings (SSSR count). The molecule has 1 heterocycles. The minimum atomic E-state index is -4.02. The predicted molar refractivity (Wildman–Crippen MR) is 82.5 cm³/mol. The van der Waals surface area contributed by atoms with Gasteiger partial charge >= 0.3 is 5.97 Å². The lowest BCUT2D eigenvalue weighted by Gasteiger charge is -2.21. The van der Waals surface area contributed by atoms with Gasteiger partial charge in [0.15, 0.2) is 0 Å². The molecule has 0 aliphatic carbocycles. The molecule has 9 heteroatoms. The molecule has 1 fully saturated rings. The number of rotatable bonds is 3. The molecule has 21 heavy (non-hydrogen) atoms. The maximum absolute atomic E-state index is 12.7. The molecule has 0 aromatic heterocycles. The Labute approximate surface area is 139 Å². The number of β-amino-alcohol motifs (C(OH)–C–C–N with tert-alkyl or cyclic N) is 1. The molecule has 1 aliphatic heterocycles. The number of carboxylic acids is 1. The first-order valence-electron chi connectivity index (χ1n) is 6.03. The number of benzene rings is 1. The van der Waals surface area contributed by atoms with Crippen LogP contribution < -0.4 is 0 Å². The average Bonchev–Trinajstić information content (AvgIpc) is 2.76. The number of hydrogen-bond donors (Lipinski definition) is 2. The van der Waals surface area contributed by atoms with Crippen molar-refractivity contribution in [2.75, 3.05) is 6.54 Å². The van der Waals surface area contributed by atoms with Crippen LogP contribution in [0.4, 0.5) is 0 Å². The smallest absolute Gasteiger partial charge is 0.322 e. The van der Waals surface area contributed by atoms with E-state index in [1.807, 2.05) is 6.92 Å². The Hall–Kier alpha value is -0.480. The molecule has 1 saturated heterocycles. The van der Waals surface area contributed by atoms with Gasteiger partial charge in [-0.2, -0.15) is 4.31 Å². The van der Waals surface area contributed by atoms with Crippen molar-refractivity contribution in [1.82, 2.24) is 4.31 Å². The fourth-order valence-electron chi connectivity index (χ4n) is 2.23. The minimum Gasteiger partial charge on any atom is -0.480 e. The molecule has 0 bridgehead atoms. The van der Waals surface area contributed by atoms with Crippen molar-refractivity contribution in [3.05, 3.63) is 26.6 Å². The van der Waals surface area contributed by atoms with Crippen LogP contribution in [0.2, 0.25) is 0 Å². The Kier molecular flexibility index (Phi) is 4.79. The molecular formula is C12H13Br2NO5S. The largest absolute Gasteiger partial charge is 0.480 e. The SMILES string of the molecule is Cc1cc(Br)c(S(=O)(=O)N2CC(O)CC2C(=O)O)cc1Br. The summed E-state index contributed by atoms with van der Waals surface area (Å²) in [5.74, 6) is -1.27. The summed E-state index contributed by atoms with van der Waals surface area (Å²) in [6.45, 7) is 1.59. The second-order valence-corrected chi connectivity index (χ2v) is 8.42. The monoisotopic (exact) mass is 441 g/mol. The van der Waals surface area contributed by atoms with Crippen LogP contribution in [0.25, 0.3) is 0 Å². The topological polar surface area (TPSA) is 94.9 Å². The molecule has 6 nitrogen and oxygen atoms in total. The fourth-order valence-corrected chi connectivity index (χ4v) is 5.50. The van der Waals surface area contributed by atoms with Crippen LogP contribution in [0.5, 0.6) is 0 Å². The maximum Gasteiger partial charge on any atom is 0.322 e. The van der Waals surface area contributed by atoms with Crippen LogP contribution in [0.15, 0.2) is 26.0 Å². The van der Waals surface area contributed by atoms with Gasteiger partial charge in [0.2, 0.25) is 10.0 Å². The minimum absolute atomic E-state index is 0.0275. The van der Waals surface area contributed by atoms with Crippen molar-refractivity contribution >= 4 is 47.9 Å². The highest BCUT2D eigenvalue weighted by Crippen LogP contribution is 2.34. The van der Waals surface area contributed by atoms with Gasteiger partial charge in [-0.25, -0.2) is 8.42 Å². The maximum atomic E-state index is 12.7. The number of aliphatic carboxylic acids is 1. The second kappa shape index (κ2) is 5.96. The number of hydrogen-bond acceptors (Lipinski definition) is 4. The van der Waals surface area contributed by atoms with Crippen molar-refractivity contribution in [3.63, 3.8) is 0 Å². The first-order chi connectivity index (χ1) is 9.64. The summed E-state index contributed by atoms with van der Waals surface area (Å²) in [6.07, 6.45) is -1.09. The molecule has 2 atom stereocenters. The van der Waals surface area contributed by atoms with Crippen molar-refractivity contribution in [1.29, 1.82) is 0 Å². The average molecular weight is 443 g/mol. The number of sulfonamides is 1. The highest BCUT2D eigenvalue weighted by molar-refractivity contribution is 9.11. The summed E-state index contributed by atoms with van der Waals surface area (Å²) in [7, 11) is -4.02. The number of aliphatic hydroxyl groups is 1. The van der Waals surface area contributed by atoms with E-state index in [0.29, 0.717) is 8.95 Å². The van der Waals surface area contributed by atoms with Crippen molar-refractivity contribution in [2.24, 2.45) is 0 Å². The van der Waals surface area contributed by atoms with E-state index in [0.717, 1.165) is 9.87 Å². The first kappa shape index (κ1) is 16.9.